The zero-order valence-electron chi connectivity index (χ0n) is 10.0. The lowest BCUT2D eigenvalue weighted by molar-refractivity contribution is -0.141. The van der Waals surface area contributed by atoms with Crippen LogP contribution in [0, 0.1) is 0 Å². The minimum atomic E-state index is -1.09. The summed E-state index contributed by atoms with van der Waals surface area (Å²) in [6.07, 6.45) is 6.31. The number of carboxylic acids is 1. The molecule has 0 spiro atoms. The van der Waals surface area contributed by atoms with E-state index in [1.807, 2.05) is 6.92 Å². The van der Waals surface area contributed by atoms with Crippen molar-refractivity contribution in [3.63, 3.8) is 0 Å². The molecule has 1 atom stereocenters. The Hall–Kier alpha value is -2.36. The average molecular weight is 245 g/mol. The molecule has 4 heteroatoms. The van der Waals surface area contributed by atoms with Gasteiger partial charge >= 0.3 is 5.97 Å². The van der Waals surface area contributed by atoms with Crippen molar-refractivity contribution in [2.45, 2.75) is 13.0 Å². The van der Waals surface area contributed by atoms with Crippen molar-refractivity contribution in [1.82, 2.24) is 5.32 Å². The number of allylic oxidation sites excluding steroid dienone is 3. The Labute approximate surface area is 106 Å². The Balaban J connectivity index is 2.76. The van der Waals surface area contributed by atoms with Crippen molar-refractivity contribution in [1.29, 1.82) is 0 Å². The molecule has 0 unspecified atom stereocenters. The Morgan fingerprint density at radius 2 is 1.89 bits per heavy atom. The SMILES string of the molecule is CC=CC=CC(=O)N[C@H](C(=O)O)c1ccccc1. The molecule has 0 aliphatic heterocycles. The second kappa shape index (κ2) is 7.06. The van der Waals surface area contributed by atoms with Crippen LogP contribution in [-0.2, 0) is 9.59 Å². The van der Waals surface area contributed by atoms with Crippen molar-refractivity contribution < 1.29 is 14.7 Å². The highest BCUT2D eigenvalue weighted by molar-refractivity contribution is 5.91. The smallest absolute Gasteiger partial charge is 0.330 e. The fraction of sp³-hybridized carbons (Fsp3) is 0.143. The summed E-state index contributed by atoms with van der Waals surface area (Å²) in [4.78, 5) is 22.6. The summed E-state index contributed by atoms with van der Waals surface area (Å²) in [6.45, 7) is 1.83. The molecule has 18 heavy (non-hydrogen) atoms. The van der Waals surface area contributed by atoms with Crippen molar-refractivity contribution in [2.24, 2.45) is 0 Å². The van der Waals surface area contributed by atoms with Crippen LogP contribution in [0.2, 0.25) is 0 Å². The van der Waals surface area contributed by atoms with Crippen LogP contribution >= 0.6 is 0 Å². The first-order chi connectivity index (χ1) is 8.65. The van der Waals surface area contributed by atoms with Gasteiger partial charge in [0.15, 0.2) is 6.04 Å². The molecule has 4 nitrogen and oxygen atoms in total. The second-order valence-corrected chi connectivity index (χ2v) is 3.58. The number of amides is 1. The normalized spacial score (nSPS) is 12.7. The summed E-state index contributed by atoms with van der Waals surface area (Å²) < 4.78 is 0. The highest BCUT2D eigenvalue weighted by Gasteiger charge is 2.20. The van der Waals surface area contributed by atoms with E-state index in [1.54, 1.807) is 48.6 Å². The summed E-state index contributed by atoms with van der Waals surface area (Å²) in [6, 6.07) is 7.54. The van der Waals surface area contributed by atoms with Gasteiger partial charge in [-0.1, -0.05) is 48.6 Å². The maximum Gasteiger partial charge on any atom is 0.330 e. The van der Waals surface area contributed by atoms with Crippen LogP contribution in [0.3, 0.4) is 0 Å². The minimum absolute atomic E-state index is 0.440. The van der Waals surface area contributed by atoms with E-state index in [-0.39, 0.29) is 0 Å². The van der Waals surface area contributed by atoms with Crippen LogP contribution in [0.1, 0.15) is 18.5 Å². The Bertz CT molecular complexity index is 463. The Morgan fingerprint density at radius 1 is 1.22 bits per heavy atom. The fourth-order valence-corrected chi connectivity index (χ4v) is 1.38. The molecule has 94 valence electrons. The predicted molar refractivity (Wildman–Crippen MR) is 68.9 cm³/mol. The Morgan fingerprint density at radius 3 is 2.44 bits per heavy atom. The van der Waals surface area contributed by atoms with Gasteiger partial charge in [-0.25, -0.2) is 4.79 Å². The van der Waals surface area contributed by atoms with Gasteiger partial charge in [0, 0.05) is 6.08 Å². The standard InChI is InChI=1S/C14H15NO3/c1-2-3-5-10-12(16)15-13(14(17)18)11-8-6-4-7-9-11/h2-10,13H,1H3,(H,15,16)(H,17,18)/t13-/m0/s1. The van der Waals surface area contributed by atoms with E-state index >= 15 is 0 Å². The van der Waals surface area contributed by atoms with Gasteiger partial charge < -0.3 is 10.4 Å². The van der Waals surface area contributed by atoms with Gasteiger partial charge in [0.1, 0.15) is 0 Å². The van der Waals surface area contributed by atoms with Crippen LogP contribution in [0.15, 0.2) is 54.6 Å². The first-order valence-corrected chi connectivity index (χ1v) is 5.52. The largest absolute Gasteiger partial charge is 0.479 e. The van der Waals surface area contributed by atoms with Gasteiger partial charge in [-0.15, -0.1) is 0 Å². The van der Waals surface area contributed by atoms with E-state index < -0.39 is 17.9 Å². The number of hydrogen-bond acceptors (Lipinski definition) is 2. The Kier molecular flexibility index (Phi) is 5.38. The van der Waals surface area contributed by atoms with Gasteiger partial charge in [-0.05, 0) is 12.5 Å². The highest BCUT2D eigenvalue weighted by Crippen LogP contribution is 2.12. The monoisotopic (exact) mass is 245 g/mol. The average Bonchev–Trinajstić information content (AvgIpc) is 2.37. The lowest BCUT2D eigenvalue weighted by Crippen LogP contribution is -2.32. The molecule has 0 heterocycles. The number of hydrogen-bond donors (Lipinski definition) is 2. The molecule has 0 saturated carbocycles. The second-order valence-electron chi connectivity index (χ2n) is 3.58. The van der Waals surface area contributed by atoms with E-state index in [0.717, 1.165) is 0 Å². The number of carboxylic acid groups (broad SMARTS) is 1. The van der Waals surface area contributed by atoms with Crippen LogP contribution in [0.4, 0.5) is 0 Å². The number of aliphatic carboxylic acids is 1. The minimum Gasteiger partial charge on any atom is -0.479 e. The predicted octanol–water partition coefficient (Wildman–Crippen LogP) is 2.06. The molecular weight excluding hydrogens is 230 g/mol. The van der Waals surface area contributed by atoms with Crippen molar-refractivity contribution in [3.8, 4) is 0 Å². The van der Waals surface area contributed by atoms with E-state index in [4.69, 9.17) is 5.11 Å². The highest BCUT2D eigenvalue weighted by atomic mass is 16.4. The lowest BCUT2D eigenvalue weighted by Gasteiger charge is -2.13. The fourth-order valence-electron chi connectivity index (χ4n) is 1.38. The zero-order valence-corrected chi connectivity index (χ0v) is 10.0. The molecule has 1 rings (SSSR count). The molecule has 1 aromatic rings. The van der Waals surface area contributed by atoms with Gasteiger partial charge in [0.2, 0.25) is 5.91 Å². The van der Waals surface area contributed by atoms with Crippen molar-refractivity contribution in [3.05, 3.63) is 60.2 Å². The molecule has 0 bridgehead atoms. The lowest BCUT2D eigenvalue weighted by atomic mass is 10.1. The number of carbonyl (C=O) groups excluding carboxylic acids is 1. The third-order valence-corrected chi connectivity index (χ3v) is 2.22. The molecule has 0 aromatic heterocycles. The maximum absolute atomic E-state index is 11.5. The summed E-state index contributed by atoms with van der Waals surface area (Å²) in [5.74, 6) is -1.53. The van der Waals surface area contributed by atoms with E-state index in [0.29, 0.717) is 5.56 Å². The topological polar surface area (TPSA) is 66.4 Å². The molecule has 1 aromatic carbocycles. The van der Waals surface area contributed by atoms with Crippen LogP contribution < -0.4 is 5.32 Å². The summed E-state index contributed by atoms with van der Waals surface area (Å²) in [5, 5.41) is 11.5. The number of benzene rings is 1. The van der Waals surface area contributed by atoms with Crippen LogP contribution in [0.25, 0.3) is 0 Å². The molecule has 2 N–H and O–H groups in total. The molecule has 0 aliphatic carbocycles. The third-order valence-electron chi connectivity index (χ3n) is 2.22. The number of rotatable bonds is 5. The van der Waals surface area contributed by atoms with Gasteiger partial charge in [0.05, 0.1) is 0 Å². The zero-order chi connectivity index (χ0) is 13.4. The van der Waals surface area contributed by atoms with Gasteiger partial charge in [0.25, 0.3) is 0 Å². The summed E-state index contributed by atoms with van der Waals surface area (Å²) >= 11 is 0. The van der Waals surface area contributed by atoms with E-state index in [2.05, 4.69) is 5.32 Å². The molecule has 0 radical (unpaired) electrons. The first kappa shape index (κ1) is 13.7. The molecule has 1 amide bonds. The van der Waals surface area contributed by atoms with Crippen LogP contribution in [-0.4, -0.2) is 17.0 Å². The number of carbonyl (C=O) groups is 2. The quantitative estimate of drug-likeness (QED) is 0.616. The summed E-state index contributed by atoms with van der Waals surface area (Å²) in [5.41, 5.74) is 0.540. The molecule has 0 fully saturated rings. The third kappa shape index (κ3) is 4.25. The molecular formula is C14H15NO3. The van der Waals surface area contributed by atoms with Crippen molar-refractivity contribution in [2.75, 3.05) is 0 Å². The van der Waals surface area contributed by atoms with Crippen LogP contribution in [0.5, 0.6) is 0 Å². The maximum atomic E-state index is 11.5. The van der Waals surface area contributed by atoms with Gasteiger partial charge in [-0.2, -0.15) is 0 Å². The first-order valence-electron chi connectivity index (χ1n) is 5.52. The summed E-state index contributed by atoms with van der Waals surface area (Å²) in [7, 11) is 0. The number of nitrogens with one attached hydrogen (secondary N) is 1. The molecule has 0 aliphatic rings. The molecule has 0 saturated heterocycles. The van der Waals surface area contributed by atoms with Crippen molar-refractivity contribution >= 4 is 11.9 Å². The van der Waals surface area contributed by atoms with E-state index in [9.17, 15) is 9.59 Å². The van der Waals surface area contributed by atoms with E-state index in [1.165, 1.54) is 6.08 Å². The van der Waals surface area contributed by atoms with Gasteiger partial charge in [-0.3, -0.25) is 4.79 Å².